The van der Waals surface area contributed by atoms with E-state index >= 15 is 0 Å². The fraction of sp³-hybridized carbons (Fsp3) is 0.308. The van der Waals surface area contributed by atoms with E-state index in [4.69, 9.17) is 5.73 Å². The third-order valence-electron chi connectivity index (χ3n) is 2.67. The first-order valence-electron chi connectivity index (χ1n) is 5.60. The molecule has 0 fully saturated rings. The number of anilines is 2. The second-order valence-electron chi connectivity index (χ2n) is 4.12. The number of hydrogen-bond acceptors (Lipinski definition) is 4. The van der Waals surface area contributed by atoms with Crippen LogP contribution in [0.25, 0.3) is 10.8 Å². The monoisotopic (exact) mass is 247 g/mol. The molecule has 0 saturated heterocycles. The Balaban J connectivity index is 2.38. The molecule has 3 N–H and O–H groups in total. The lowest BCUT2D eigenvalue weighted by molar-refractivity contribution is 0.917. The number of aromatic nitrogens is 1. The van der Waals surface area contributed by atoms with Crippen molar-refractivity contribution in [1.82, 2.24) is 4.98 Å². The lowest BCUT2D eigenvalue weighted by atomic mass is 10.1. The Morgan fingerprint density at radius 1 is 1.35 bits per heavy atom. The summed E-state index contributed by atoms with van der Waals surface area (Å²) in [6, 6.07) is 6.40. The normalized spacial score (nSPS) is 12.6. The van der Waals surface area contributed by atoms with Gasteiger partial charge in [-0.15, -0.1) is 0 Å². The van der Waals surface area contributed by atoms with E-state index in [0.717, 1.165) is 27.9 Å². The van der Waals surface area contributed by atoms with E-state index in [2.05, 4.69) is 23.5 Å². The van der Waals surface area contributed by atoms with Gasteiger partial charge in [0, 0.05) is 46.3 Å². The Labute approximate surface area is 106 Å². The van der Waals surface area contributed by atoms with E-state index in [1.54, 1.807) is 6.20 Å². The van der Waals surface area contributed by atoms with Crippen LogP contribution in [0, 0.1) is 0 Å². The summed E-state index contributed by atoms with van der Waals surface area (Å²) in [5, 5.41) is 5.65. The van der Waals surface area contributed by atoms with Gasteiger partial charge in [-0.05, 0) is 31.4 Å². The Morgan fingerprint density at radius 2 is 2.18 bits per heavy atom. The third kappa shape index (κ3) is 2.64. The molecule has 0 aliphatic carbocycles. The minimum absolute atomic E-state index is 0.435. The Bertz CT molecular complexity index is 513. The third-order valence-corrected chi connectivity index (χ3v) is 3.50. The molecule has 1 unspecified atom stereocenters. The van der Waals surface area contributed by atoms with Crippen molar-refractivity contribution in [3.63, 3.8) is 0 Å². The van der Waals surface area contributed by atoms with Crippen molar-refractivity contribution in [2.24, 2.45) is 0 Å². The molecule has 2 aromatic rings. The van der Waals surface area contributed by atoms with Gasteiger partial charge in [0.2, 0.25) is 0 Å². The van der Waals surface area contributed by atoms with Gasteiger partial charge in [-0.2, -0.15) is 11.8 Å². The molecule has 0 aliphatic heterocycles. The molecule has 0 bridgehead atoms. The maximum Gasteiger partial charge on any atom is 0.0424 e. The first-order chi connectivity index (χ1) is 8.22. The van der Waals surface area contributed by atoms with E-state index < -0.39 is 0 Å². The maximum atomic E-state index is 5.94. The zero-order valence-corrected chi connectivity index (χ0v) is 10.9. The number of pyridine rings is 1. The van der Waals surface area contributed by atoms with Gasteiger partial charge in [-0.1, -0.05) is 0 Å². The van der Waals surface area contributed by atoms with Crippen molar-refractivity contribution in [3.8, 4) is 0 Å². The predicted octanol–water partition coefficient (Wildman–Crippen LogP) is 2.98. The van der Waals surface area contributed by atoms with Crippen LogP contribution in [0.4, 0.5) is 11.4 Å². The highest BCUT2D eigenvalue weighted by molar-refractivity contribution is 7.98. The van der Waals surface area contributed by atoms with Gasteiger partial charge in [-0.3, -0.25) is 4.98 Å². The number of benzene rings is 1. The van der Waals surface area contributed by atoms with Crippen molar-refractivity contribution in [1.29, 1.82) is 0 Å². The summed E-state index contributed by atoms with van der Waals surface area (Å²) in [6.45, 7) is 2.18. The molecule has 3 nitrogen and oxygen atoms in total. The minimum Gasteiger partial charge on any atom is -0.398 e. The molecule has 1 aromatic carbocycles. The SMILES string of the molecule is CSCC(C)Nc1ccc(N)c2cnccc12. The molecule has 0 radical (unpaired) electrons. The fourth-order valence-electron chi connectivity index (χ4n) is 1.90. The fourth-order valence-corrected chi connectivity index (χ4v) is 2.48. The Hall–Kier alpha value is -1.42. The Morgan fingerprint density at radius 3 is 2.94 bits per heavy atom. The molecule has 0 saturated carbocycles. The number of nitrogen functional groups attached to an aromatic ring is 1. The molecule has 90 valence electrons. The number of nitrogens with two attached hydrogens (primary N) is 1. The van der Waals surface area contributed by atoms with E-state index in [1.165, 1.54) is 0 Å². The van der Waals surface area contributed by atoms with Crippen molar-refractivity contribution in [2.75, 3.05) is 23.1 Å². The van der Waals surface area contributed by atoms with Gasteiger partial charge in [0.15, 0.2) is 0 Å². The highest BCUT2D eigenvalue weighted by Gasteiger charge is 2.06. The molecule has 1 aromatic heterocycles. The highest BCUT2D eigenvalue weighted by atomic mass is 32.2. The maximum absolute atomic E-state index is 5.94. The first-order valence-corrected chi connectivity index (χ1v) is 6.99. The second-order valence-corrected chi connectivity index (χ2v) is 5.04. The van der Waals surface area contributed by atoms with Crippen LogP contribution in [0.15, 0.2) is 30.6 Å². The van der Waals surface area contributed by atoms with Crippen LogP contribution in [0.3, 0.4) is 0 Å². The summed E-state index contributed by atoms with van der Waals surface area (Å²) in [6.07, 6.45) is 5.73. The molecule has 0 amide bonds. The Kier molecular flexibility index (Phi) is 3.74. The molecule has 0 aliphatic rings. The summed E-state index contributed by atoms with van der Waals surface area (Å²) in [5.41, 5.74) is 7.84. The molecule has 17 heavy (non-hydrogen) atoms. The van der Waals surface area contributed by atoms with Crippen LogP contribution >= 0.6 is 11.8 Å². The average Bonchev–Trinajstić information content (AvgIpc) is 2.34. The van der Waals surface area contributed by atoms with Crippen LogP contribution in [0.5, 0.6) is 0 Å². The second kappa shape index (κ2) is 5.27. The van der Waals surface area contributed by atoms with Crippen LogP contribution in [0.2, 0.25) is 0 Å². The zero-order valence-electron chi connectivity index (χ0n) is 10.1. The quantitative estimate of drug-likeness (QED) is 0.816. The van der Waals surface area contributed by atoms with E-state index in [-0.39, 0.29) is 0 Å². The molecular weight excluding hydrogens is 230 g/mol. The summed E-state index contributed by atoms with van der Waals surface area (Å²) in [7, 11) is 0. The van der Waals surface area contributed by atoms with Crippen molar-refractivity contribution in [2.45, 2.75) is 13.0 Å². The molecular formula is C13H17N3S. The van der Waals surface area contributed by atoms with E-state index in [0.29, 0.717) is 6.04 Å². The van der Waals surface area contributed by atoms with E-state index in [1.807, 2.05) is 36.2 Å². The standard InChI is InChI=1S/C13H17N3S/c1-9(8-17-2)16-13-4-3-12(14)11-7-15-6-5-10(11)13/h3-7,9,16H,8,14H2,1-2H3. The number of hydrogen-bond donors (Lipinski definition) is 2. The van der Waals surface area contributed by atoms with Crippen LogP contribution in [0.1, 0.15) is 6.92 Å². The molecule has 2 rings (SSSR count). The average molecular weight is 247 g/mol. The lowest BCUT2D eigenvalue weighted by Crippen LogP contribution is -2.17. The summed E-state index contributed by atoms with van der Waals surface area (Å²) in [4.78, 5) is 4.12. The topological polar surface area (TPSA) is 50.9 Å². The first kappa shape index (κ1) is 12.0. The lowest BCUT2D eigenvalue weighted by Gasteiger charge is -2.16. The number of fused-ring (bicyclic) bond motifs is 1. The summed E-state index contributed by atoms with van der Waals surface area (Å²) >= 11 is 1.84. The van der Waals surface area contributed by atoms with E-state index in [9.17, 15) is 0 Å². The van der Waals surface area contributed by atoms with Crippen LogP contribution in [-0.2, 0) is 0 Å². The smallest absolute Gasteiger partial charge is 0.0424 e. The minimum atomic E-state index is 0.435. The largest absolute Gasteiger partial charge is 0.398 e. The molecule has 1 heterocycles. The number of nitrogens with one attached hydrogen (secondary N) is 1. The molecule has 4 heteroatoms. The number of thioether (sulfide) groups is 1. The van der Waals surface area contributed by atoms with Gasteiger partial charge >= 0.3 is 0 Å². The van der Waals surface area contributed by atoms with Crippen molar-refractivity contribution >= 4 is 33.9 Å². The van der Waals surface area contributed by atoms with Gasteiger partial charge in [-0.25, -0.2) is 0 Å². The van der Waals surface area contributed by atoms with Gasteiger partial charge in [0.05, 0.1) is 0 Å². The van der Waals surface area contributed by atoms with Crippen LogP contribution < -0.4 is 11.1 Å². The van der Waals surface area contributed by atoms with Crippen molar-refractivity contribution in [3.05, 3.63) is 30.6 Å². The molecule has 1 atom stereocenters. The predicted molar refractivity (Wildman–Crippen MR) is 77.6 cm³/mol. The molecule has 0 spiro atoms. The van der Waals surface area contributed by atoms with Crippen LogP contribution in [-0.4, -0.2) is 23.0 Å². The summed E-state index contributed by atoms with van der Waals surface area (Å²) in [5.74, 6) is 1.08. The number of rotatable bonds is 4. The van der Waals surface area contributed by atoms with Gasteiger partial charge < -0.3 is 11.1 Å². The van der Waals surface area contributed by atoms with Gasteiger partial charge in [0.1, 0.15) is 0 Å². The zero-order chi connectivity index (χ0) is 12.3. The summed E-state index contributed by atoms with van der Waals surface area (Å²) < 4.78 is 0. The number of nitrogens with zero attached hydrogens (tertiary/aromatic N) is 1. The highest BCUT2D eigenvalue weighted by Crippen LogP contribution is 2.27. The van der Waals surface area contributed by atoms with Gasteiger partial charge in [0.25, 0.3) is 0 Å². The van der Waals surface area contributed by atoms with Crippen molar-refractivity contribution < 1.29 is 0 Å².